The van der Waals surface area contributed by atoms with Crippen LogP contribution in [0, 0.1) is 5.92 Å². The Balaban J connectivity index is -0.000000142. The number of Topliss-reactive ketones (excluding diaryl/α,β-unsaturated/α-hetero) is 1. The molecule has 6 rings (SSSR count). The van der Waals surface area contributed by atoms with Crippen molar-refractivity contribution in [3.63, 3.8) is 0 Å². The molecule has 6 aliphatic rings. The van der Waals surface area contributed by atoms with E-state index in [0.717, 1.165) is 58.7 Å². The summed E-state index contributed by atoms with van der Waals surface area (Å²) in [6.07, 6.45) is 11.0. The van der Waals surface area contributed by atoms with E-state index in [1.165, 1.54) is 70.0 Å². The van der Waals surface area contributed by atoms with E-state index < -0.39 is 23.7 Å². The third-order valence-electron chi connectivity index (χ3n) is 11.0. The molecule has 0 N–H and O–H groups in total. The third kappa shape index (κ3) is 81.8. The van der Waals surface area contributed by atoms with Crippen LogP contribution in [0.4, 0.5) is 13.2 Å². The van der Waals surface area contributed by atoms with Gasteiger partial charge < -0.3 is 76.0 Å². The molecule has 26 heteroatoms. The van der Waals surface area contributed by atoms with Crippen LogP contribution in [-0.2, 0) is 105 Å². The Hall–Kier alpha value is -6.30. The number of fused-ring (bicyclic) bond motifs is 1. The molecular formula is C68H118F3NO22. The number of hydrogen-bond donors (Lipinski definition) is 0. The number of amides is 1. The topological polar surface area (TPSA) is 278 Å². The van der Waals surface area contributed by atoms with E-state index in [1.807, 2.05) is 20.8 Å². The van der Waals surface area contributed by atoms with Crippen LogP contribution in [0.2, 0.25) is 0 Å². The summed E-state index contributed by atoms with van der Waals surface area (Å²) in [5.41, 5.74) is -0.116. The van der Waals surface area contributed by atoms with E-state index in [2.05, 4.69) is 115 Å². The number of esters is 3. The molecule has 1 aliphatic carbocycles. The Morgan fingerprint density at radius 1 is 0.649 bits per heavy atom. The van der Waals surface area contributed by atoms with Gasteiger partial charge in [-0.15, -0.1) is 6.58 Å². The van der Waals surface area contributed by atoms with Gasteiger partial charge in [-0.25, -0.2) is 14.4 Å². The van der Waals surface area contributed by atoms with Gasteiger partial charge in [0.25, 0.3) is 0 Å². The van der Waals surface area contributed by atoms with Crippen molar-refractivity contribution in [3.8, 4) is 0 Å². The first-order chi connectivity index (χ1) is 43.8. The molecule has 94 heavy (non-hydrogen) atoms. The molecule has 6 fully saturated rings. The maximum absolute atomic E-state index is 11.5. The second-order valence-electron chi connectivity index (χ2n) is 20.5. The van der Waals surface area contributed by atoms with Gasteiger partial charge in [0, 0.05) is 80.7 Å². The summed E-state index contributed by atoms with van der Waals surface area (Å²) in [6, 6.07) is 0. The number of hydrogen-bond acceptors (Lipinski definition) is 22. The molecular weight excluding hydrogens is 1240 g/mol. The molecule has 7 atom stereocenters. The van der Waals surface area contributed by atoms with Crippen LogP contribution in [0.25, 0.3) is 0 Å². The molecule has 5 heterocycles. The zero-order valence-electron chi connectivity index (χ0n) is 60.3. The summed E-state index contributed by atoms with van der Waals surface area (Å²) >= 11 is 0. The largest absolute Gasteiger partial charge is 0.505 e. The number of ether oxygens (including phenoxy) is 15. The Morgan fingerprint density at radius 3 is 1.28 bits per heavy atom. The smallest absolute Gasteiger partial charge is 0.422 e. The van der Waals surface area contributed by atoms with E-state index in [0.29, 0.717) is 61.1 Å². The molecule has 7 unspecified atom stereocenters. The first kappa shape index (κ1) is 104. The van der Waals surface area contributed by atoms with E-state index in [9.17, 15) is 46.7 Å². The van der Waals surface area contributed by atoms with Crippen LogP contribution >= 0.6 is 0 Å². The molecule has 0 aromatic carbocycles. The Bertz CT molecular complexity index is 2070. The minimum Gasteiger partial charge on any atom is -0.505 e. The van der Waals surface area contributed by atoms with Crippen molar-refractivity contribution in [2.24, 2.45) is 5.92 Å². The number of alkyl halides is 3. The van der Waals surface area contributed by atoms with Crippen LogP contribution in [0.1, 0.15) is 94.4 Å². The highest BCUT2D eigenvalue weighted by atomic mass is 19.4. The van der Waals surface area contributed by atoms with Crippen LogP contribution in [-0.4, -0.2) is 232 Å². The molecule has 548 valence electrons. The Kier molecular flexibility index (Phi) is 73.7. The lowest BCUT2D eigenvalue weighted by Gasteiger charge is -2.16. The maximum Gasteiger partial charge on any atom is 0.422 e. The number of carbonyl (C=O) groups excluding carboxylic acids is 7. The van der Waals surface area contributed by atoms with E-state index in [-0.39, 0.29) is 53.8 Å². The van der Waals surface area contributed by atoms with Crippen molar-refractivity contribution in [1.29, 1.82) is 0 Å². The third-order valence-corrected chi connectivity index (χ3v) is 11.0. The van der Waals surface area contributed by atoms with E-state index >= 15 is 0 Å². The molecule has 0 bridgehead atoms. The zero-order valence-corrected chi connectivity index (χ0v) is 60.3. The van der Waals surface area contributed by atoms with Crippen molar-refractivity contribution in [3.05, 3.63) is 113 Å². The molecule has 0 radical (unpaired) electrons. The van der Waals surface area contributed by atoms with Crippen molar-refractivity contribution in [1.82, 2.24) is 4.90 Å². The van der Waals surface area contributed by atoms with Gasteiger partial charge in [-0.05, 0) is 97.4 Å². The fraction of sp³-hybridized carbons (Fsp3) is 0.632. The average molecular weight is 1360 g/mol. The van der Waals surface area contributed by atoms with Gasteiger partial charge in [0.15, 0.2) is 17.3 Å². The maximum atomic E-state index is 11.5. The summed E-state index contributed by atoms with van der Waals surface area (Å²) in [4.78, 5) is 72.8. The first-order valence-corrected chi connectivity index (χ1v) is 29.4. The molecule has 23 nitrogen and oxygen atoms in total. The second-order valence-corrected chi connectivity index (χ2v) is 20.5. The van der Waals surface area contributed by atoms with Gasteiger partial charge in [-0.2, -0.15) is 13.2 Å². The first-order valence-electron chi connectivity index (χ1n) is 29.4. The number of methoxy groups -OCH3 is 9. The van der Waals surface area contributed by atoms with Crippen molar-refractivity contribution in [2.45, 2.75) is 142 Å². The minimum absolute atomic E-state index is 0.0529. The van der Waals surface area contributed by atoms with Gasteiger partial charge in [0.2, 0.25) is 5.91 Å². The number of nitrogens with zero attached hydrogens (tertiary/aromatic N) is 1. The van der Waals surface area contributed by atoms with E-state index in [1.54, 1.807) is 69.6 Å². The van der Waals surface area contributed by atoms with Crippen LogP contribution < -0.4 is 0 Å². The lowest BCUT2D eigenvalue weighted by Crippen LogP contribution is -2.19. The van der Waals surface area contributed by atoms with Crippen LogP contribution in [0.3, 0.4) is 0 Å². The number of rotatable bonds is 22. The minimum atomic E-state index is -4.69. The SMILES string of the molecule is C=C(C(=O)OC)C(F)(F)F.C=C(C)C(=O)CC.C=C(C)C(=O)OC.C=CC(=O)CC.C=CC(=O)COCOC.C=CC(=O)N(C)C.C=CC(=O)OC.C=CCOC.C=COC.CC1CO1.CC1OC1(C)C.COCC1(C)CO1.COCC1CCC2OC2C1.COCC1CO1. The van der Waals surface area contributed by atoms with Gasteiger partial charge in [0.1, 0.15) is 30.7 Å². The predicted molar refractivity (Wildman–Crippen MR) is 359 cm³/mol. The normalized spacial score (nSPS) is 19.1. The second kappa shape index (κ2) is 66.7. The quantitative estimate of drug-likeness (QED) is 0.0142. The highest BCUT2D eigenvalue weighted by Gasteiger charge is 2.44. The monoisotopic (exact) mass is 1360 g/mol. The van der Waals surface area contributed by atoms with Crippen molar-refractivity contribution in [2.75, 3.05) is 138 Å². The predicted octanol–water partition coefficient (Wildman–Crippen LogP) is 10.5. The number of ketones is 3. The van der Waals surface area contributed by atoms with Gasteiger partial charge in [-0.1, -0.05) is 72.6 Å². The molecule has 5 saturated heterocycles. The molecule has 0 aromatic heterocycles. The summed E-state index contributed by atoms with van der Waals surface area (Å²) < 4.78 is 104. The lowest BCUT2D eigenvalue weighted by atomic mass is 9.90. The van der Waals surface area contributed by atoms with Gasteiger partial charge in [-0.3, -0.25) is 19.2 Å². The number of allylic oxidation sites excluding steroid dienone is 2. The lowest BCUT2D eigenvalue weighted by molar-refractivity contribution is -0.148. The summed E-state index contributed by atoms with van der Waals surface area (Å²) in [5, 5.41) is 0. The van der Waals surface area contributed by atoms with Crippen LogP contribution in [0.5, 0.6) is 0 Å². The zero-order chi connectivity index (χ0) is 75.1. The van der Waals surface area contributed by atoms with Crippen molar-refractivity contribution < 1.29 is 118 Å². The summed E-state index contributed by atoms with van der Waals surface area (Å²) in [7, 11) is 16.7. The van der Waals surface area contributed by atoms with Crippen LogP contribution in [0.15, 0.2) is 113 Å². The number of epoxide rings is 5. The van der Waals surface area contributed by atoms with Crippen molar-refractivity contribution >= 4 is 41.2 Å². The van der Waals surface area contributed by atoms with Gasteiger partial charge >= 0.3 is 24.1 Å². The molecule has 5 aliphatic heterocycles. The standard InChI is InChI=1S/C8H14O2.C6H10O3.C6H10O.C5H5F3O2.C5H9NO.C5H10O2.C5H8O2.C5H10O.C5H8O.C4H8O2.C4H6O2.C4H8O.2C3H6O/c1-9-5-6-2-3-7-8(4-6)10-7;1-3-6(7)4-9-5-8-2;1-4-6(7)5(2)3;1-3(4(9)10-2)5(6,7)8;1-4-5(7)6(2)3;1-5(3-6-2)4-7-5;1-4(2)5(6)7-3;1-4-5(2,3)6-4;1-3-5(6)4-2;1-5-2-4-3-6-4;1-3-4(5)6-2;1-3-4-5-2;1-3-2-4-3;1-3-4-2/h6-8H,2-5H2,1H3;3H,1,4-5H2,2H3;2,4H2,1,3H3;1H2,2H3;4H,1H2,2-3H3;3-4H2,1-2H3;1H2,2-3H3;4H,1-3H3;3H,1,4H2,2H3;4H,2-3H2,1H3;3H,1H2,2H3;3H,1,4H2,2H3;3H,2H2,1H3;3H,1H2,2H3. The number of likely N-dealkylation sites (N-methyl/N-ethyl adjacent to an activating group) is 1. The fourth-order valence-electron chi connectivity index (χ4n) is 4.78. The highest BCUT2D eigenvalue weighted by Crippen LogP contribution is 2.39. The molecule has 0 spiro atoms. The molecule has 1 saturated carbocycles. The summed E-state index contributed by atoms with van der Waals surface area (Å²) in [5.74, 6) is -1.35. The Labute approximate surface area is 560 Å². The van der Waals surface area contributed by atoms with Gasteiger partial charge in [0.05, 0.1) is 104 Å². The number of carbonyl (C=O) groups is 7. The average Bonchev–Trinajstić information content (AvgIpc) is 1.68. The highest BCUT2D eigenvalue weighted by molar-refractivity contribution is 5.93. The number of halogens is 3. The Morgan fingerprint density at radius 2 is 1.13 bits per heavy atom. The van der Waals surface area contributed by atoms with E-state index in [4.69, 9.17) is 42.6 Å². The molecule has 1 amide bonds. The summed E-state index contributed by atoms with van der Waals surface area (Å²) in [6.45, 7) is 52.4. The molecule has 0 aromatic rings. The fourth-order valence-corrected chi connectivity index (χ4v) is 4.78.